The van der Waals surface area contributed by atoms with Crippen molar-refractivity contribution in [2.45, 2.75) is 174 Å². The zero-order valence-electron chi connectivity index (χ0n) is 32.9. The van der Waals surface area contributed by atoms with Crippen molar-refractivity contribution in [2.75, 3.05) is 93.3 Å². The molecule has 290 valence electrons. The molecule has 1 unspecified atom stereocenters. The molecule has 0 saturated carbocycles. The molecule has 0 aliphatic rings. The Kier molecular flexibility index (Phi) is 42.6. The number of hydrogen-bond donors (Lipinski definition) is 0. The maximum absolute atomic E-state index is 6.48. The highest BCUT2D eigenvalue weighted by Gasteiger charge is 2.16. The van der Waals surface area contributed by atoms with Gasteiger partial charge in [0.05, 0.1) is 52.4 Å². The smallest absolute Gasteiger partial charge is 0.0934 e. The van der Waals surface area contributed by atoms with Crippen LogP contribution in [-0.4, -0.2) is 104 Å². The molecular formula is C41H85NO6. The second-order valence-corrected chi connectivity index (χ2v) is 13.9. The van der Waals surface area contributed by atoms with Crippen LogP contribution in [0.25, 0.3) is 0 Å². The fraction of sp³-hybridized carbons (Fsp3) is 1.00. The zero-order chi connectivity index (χ0) is 34.9. The van der Waals surface area contributed by atoms with Crippen molar-refractivity contribution in [3.8, 4) is 0 Å². The molecule has 0 heterocycles. The molecular weight excluding hydrogens is 602 g/mol. The minimum Gasteiger partial charge on any atom is -0.382 e. The van der Waals surface area contributed by atoms with Crippen LogP contribution in [0.5, 0.6) is 0 Å². The molecule has 0 saturated heterocycles. The Balaban J connectivity index is 4.44. The van der Waals surface area contributed by atoms with Gasteiger partial charge in [0.1, 0.15) is 0 Å². The Morgan fingerprint density at radius 2 is 0.750 bits per heavy atom. The van der Waals surface area contributed by atoms with E-state index in [0.717, 1.165) is 45.7 Å². The van der Waals surface area contributed by atoms with Crippen LogP contribution in [-0.2, 0) is 28.4 Å². The predicted octanol–water partition coefficient (Wildman–Crippen LogP) is 10.4. The van der Waals surface area contributed by atoms with Crippen molar-refractivity contribution in [2.24, 2.45) is 0 Å². The van der Waals surface area contributed by atoms with Gasteiger partial charge in [-0.15, -0.1) is 0 Å². The van der Waals surface area contributed by atoms with Crippen molar-refractivity contribution in [1.29, 1.82) is 0 Å². The van der Waals surface area contributed by atoms with Crippen LogP contribution in [0.15, 0.2) is 0 Å². The lowest BCUT2D eigenvalue weighted by Crippen LogP contribution is -2.40. The van der Waals surface area contributed by atoms with Crippen molar-refractivity contribution in [3.05, 3.63) is 0 Å². The molecule has 0 rings (SSSR count). The second-order valence-electron chi connectivity index (χ2n) is 13.9. The number of ether oxygens (including phenoxy) is 6. The molecule has 0 aromatic rings. The van der Waals surface area contributed by atoms with Crippen molar-refractivity contribution >= 4 is 0 Å². The maximum Gasteiger partial charge on any atom is 0.0934 e. The van der Waals surface area contributed by atoms with E-state index in [4.69, 9.17) is 28.4 Å². The Morgan fingerprint density at radius 3 is 1.15 bits per heavy atom. The fourth-order valence-electron chi connectivity index (χ4n) is 6.06. The normalized spacial score (nSPS) is 12.4. The van der Waals surface area contributed by atoms with Gasteiger partial charge >= 0.3 is 0 Å². The van der Waals surface area contributed by atoms with Gasteiger partial charge in [0.2, 0.25) is 0 Å². The van der Waals surface area contributed by atoms with E-state index in [1.54, 1.807) is 14.2 Å². The van der Waals surface area contributed by atoms with E-state index in [2.05, 4.69) is 18.7 Å². The number of rotatable bonds is 43. The quantitative estimate of drug-likeness (QED) is 0.0591. The van der Waals surface area contributed by atoms with Crippen molar-refractivity contribution < 1.29 is 28.4 Å². The highest BCUT2D eigenvalue weighted by Crippen LogP contribution is 2.14. The Labute approximate surface area is 300 Å². The summed E-state index contributed by atoms with van der Waals surface area (Å²) in [6, 6.07) is 0. The van der Waals surface area contributed by atoms with Gasteiger partial charge in [-0.25, -0.2) is 0 Å². The Morgan fingerprint density at radius 1 is 0.375 bits per heavy atom. The molecule has 0 radical (unpaired) electrons. The highest BCUT2D eigenvalue weighted by atomic mass is 16.5. The van der Waals surface area contributed by atoms with Gasteiger partial charge in [0.25, 0.3) is 0 Å². The summed E-state index contributed by atoms with van der Waals surface area (Å²) in [4.78, 5) is 2.40. The third-order valence-corrected chi connectivity index (χ3v) is 9.23. The molecule has 0 amide bonds. The maximum atomic E-state index is 6.48. The SMILES string of the molecule is CCCCCCCCCCCCCCOCC(CN(CCOCCOC)CCOCCOC)OCCCCCCCCCCCCCC. The van der Waals surface area contributed by atoms with Gasteiger partial charge in [0.15, 0.2) is 0 Å². The molecule has 0 spiro atoms. The molecule has 0 aromatic carbocycles. The third-order valence-electron chi connectivity index (χ3n) is 9.23. The summed E-state index contributed by atoms with van der Waals surface area (Å²) in [5.41, 5.74) is 0. The molecule has 0 aromatic heterocycles. The summed E-state index contributed by atoms with van der Waals surface area (Å²) < 4.78 is 34.6. The zero-order valence-corrected chi connectivity index (χ0v) is 32.9. The van der Waals surface area contributed by atoms with Gasteiger partial charge in [-0.3, -0.25) is 4.90 Å². The van der Waals surface area contributed by atoms with Gasteiger partial charge in [-0.1, -0.05) is 155 Å². The highest BCUT2D eigenvalue weighted by molar-refractivity contribution is 4.67. The molecule has 0 fully saturated rings. The van der Waals surface area contributed by atoms with Crippen LogP contribution in [0, 0.1) is 0 Å². The van der Waals surface area contributed by atoms with Gasteiger partial charge in [-0.2, -0.15) is 0 Å². The van der Waals surface area contributed by atoms with E-state index in [-0.39, 0.29) is 6.10 Å². The van der Waals surface area contributed by atoms with Crippen LogP contribution in [0.2, 0.25) is 0 Å². The number of hydrogen-bond acceptors (Lipinski definition) is 7. The molecule has 7 nitrogen and oxygen atoms in total. The number of unbranched alkanes of at least 4 members (excludes halogenated alkanes) is 22. The van der Waals surface area contributed by atoms with E-state index in [9.17, 15) is 0 Å². The average molecular weight is 688 g/mol. The standard InChI is InChI=1S/C41H85NO6/c1-5-7-9-11-13-15-17-19-21-23-25-27-31-47-40-41(48-32-28-26-24-22-20-18-16-14-12-10-8-6-2)39-42(29-33-45-37-35-43-3)30-34-46-38-36-44-4/h41H,5-40H2,1-4H3. The monoisotopic (exact) mass is 688 g/mol. The molecule has 0 aliphatic carbocycles. The van der Waals surface area contributed by atoms with Crippen LogP contribution < -0.4 is 0 Å². The molecule has 7 heteroatoms. The van der Waals surface area contributed by atoms with Gasteiger partial charge < -0.3 is 28.4 Å². The lowest BCUT2D eigenvalue weighted by atomic mass is 10.1. The molecule has 0 aliphatic heterocycles. The summed E-state index contributed by atoms with van der Waals surface area (Å²) in [5, 5.41) is 0. The first-order chi connectivity index (χ1) is 23.8. The van der Waals surface area contributed by atoms with E-state index >= 15 is 0 Å². The molecule has 48 heavy (non-hydrogen) atoms. The van der Waals surface area contributed by atoms with Crippen LogP contribution in [0.4, 0.5) is 0 Å². The first-order valence-corrected chi connectivity index (χ1v) is 20.8. The van der Waals surface area contributed by atoms with Crippen molar-refractivity contribution in [3.63, 3.8) is 0 Å². The van der Waals surface area contributed by atoms with Gasteiger partial charge in [0, 0.05) is 47.1 Å². The topological polar surface area (TPSA) is 58.6 Å². The minimum absolute atomic E-state index is 0.0629. The van der Waals surface area contributed by atoms with E-state index in [0.29, 0.717) is 46.2 Å². The lowest BCUT2D eigenvalue weighted by Gasteiger charge is -2.28. The fourth-order valence-corrected chi connectivity index (χ4v) is 6.06. The van der Waals surface area contributed by atoms with E-state index in [1.807, 2.05) is 0 Å². The van der Waals surface area contributed by atoms with Crippen molar-refractivity contribution in [1.82, 2.24) is 4.90 Å². The van der Waals surface area contributed by atoms with E-state index < -0.39 is 0 Å². The first-order valence-electron chi connectivity index (χ1n) is 20.8. The van der Waals surface area contributed by atoms with E-state index in [1.165, 1.54) is 141 Å². The third kappa shape index (κ3) is 38.5. The number of methoxy groups -OCH3 is 2. The molecule has 0 bridgehead atoms. The first kappa shape index (κ1) is 47.7. The summed E-state index contributed by atoms with van der Waals surface area (Å²) in [6.45, 7) is 13.2. The largest absolute Gasteiger partial charge is 0.382 e. The van der Waals surface area contributed by atoms with Crippen LogP contribution in [0.3, 0.4) is 0 Å². The van der Waals surface area contributed by atoms with Gasteiger partial charge in [-0.05, 0) is 12.8 Å². The lowest BCUT2D eigenvalue weighted by molar-refractivity contribution is -0.0420. The summed E-state index contributed by atoms with van der Waals surface area (Å²) in [7, 11) is 3.42. The Bertz CT molecular complexity index is 555. The Hall–Kier alpha value is -0.280. The minimum atomic E-state index is 0.0629. The summed E-state index contributed by atoms with van der Waals surface area (Å²) in [5.74, 6) is 0. The number of nitrogens with zero attached hydrogens (tertiary/aromatic N) is 1. The van der Waals surface area contributed by atoms with Crippen LogP contribution >= 0.6 is 0 Å². The van der Waals surface area contributed by atoms with Crippen LogP contribution in [0.1, 0.15) is 168 Å². The average Bonchev–Trinajstić information content (AvgIpc) is 3.09. The second kappa shape index (κ2) is 42.9. The molecule has 0 N–H and O–H groups in total. The summed E-state index contributed by atoms with van der Waals surface area (Å²) >= 11 is 0. The predicted molar refractivity (Wildman–Crippen MR) is 205 cm³/mol. The summed E-state index contributed by atoms with van der Waals surface area (Å²) in [6.07, 6.45) is 32.7. The molecule has 1 atom stereocenters.